The lowest BCUT2D eigenvalue weighted by Gasteiger charge is -2.31. The van der Waals surface area contributed by atoms with Crippen molar-refractivity contribution in [3.8, 4) is 0 Å². The average molecular weight is 425 g/mol. The molecule has 4 rings (SSSR count). The summed E-state index contributed by atoms with van der Waals surface area (Å²) in [6.45, 7) is 9.14. The minimum atomic E-state index is -1.07. The number of aromatic nitrogens is 2. The van der Waals surface area contributed by atoms with E-state index in [2.05, 4.69) is 97.9 Å². The van der Waals surface area contributed by atoms with Crippen molar-refractivity contribution in [1.29, 1.82) is 0 Å². The molecule has 1 aromatic heterocycles. The van der Waals surface area contributed by atoms with E-state index in [-0.39, 0.29) is 0 Å². The first-order valence-corrected chi connectivity index (χ1v) is 11.3. The molecule has 164 valence electrons. The molecule has 0 saturated heterocycles. The van der Waals surface area contributed by atoms with Gasteiger partial charge < -0.3 is 9.67 Å². The Labute approximate surface area is 191 Å². The molecule has 0 spiro atoms. The molecular formula is C29H32N2O. The van der Waals surface area contributed by atoms with Gasteiger partial charge in [-0.15, -0.1) is 0 Å². The molecule has 0 aliphatic carbocycles. The molecule has 0 aliphatic rings. The van der Waals surface area contributed by atoms with Gasteiger partial charge in [-0.3, -0.25) is 0 Å². The molecular weight excluding hydrogens is 392 g/mol. The number of benzene rings is 3. The van der Waals surface area contributed by atoms with Crippen molar-refractivity contribution < 1.29 is 5.11 Å². The molecule has 4 aromatic rings. The SMILES string of the molecule is Cc1cc(C)cc(C(O)(CCc2cncn2Cc2ccccc2)c2cc(C)cc(C)c2)c1. The molecule has 32 heavy (non-hydrogen) atoms. The average Bonchev–Trinajstić information content (AvgIpc) is 3.18. The summed E-state index contributed by atoms with van der Waals surface area (Å²) in [7, 11) is 0. The molecule has 1 heterocycles. The Kier molecular flexibility index (Phi) is 6.29. The van der Waals surface area contributed by atoms with Gasteiger partial charge in [-0.2, -0.15) is 0 Å². The van der Waals surface area contributed by atoms with Crippen molar-refractivity contribution in [2.24, 2.45) is 0 Å². The number of imidazole rings is 1. The highest BCUT2D eigenvalue weighted by Crippen LogP contribution is 2.36. The second-order valence-corrected chi connectivity index (χ2v) is 9.11. The molecule has 0 unspecified atom stereocenters. The van der Waals surface area contributed by atoms with E-state index in [4.69, 9.17) is 0 Å². The lowest BCUT2D eigenvalue weighted by atomic mass is 9.80. The van der Waals surface area contributed by atoms with Gasteiger partial charge in [-0.25, -0.2) is 4.98 Å². The zero-order chi connectivity index (χ0) is 22.7. The largest absolute Gasteiger partial charge is 0.380 e. The van der Waals surface area contributed by atoms with Crippen molar-refractivity contribution in [3.05, 3.63) is 124 Å². The fourth-order valence-corrected chi connectivity index (χ4v) is 4.67. The van der Waals surface area contributed by atoms with Crippen LogP contribution in [0.4, 0.5) is 0 Å². The Bertz CT molecular complexity index is 1120. The van der Waals surface area contributed by atoms with E-state index >= 15 is 0 Å². The van der Waals surface area contributed by atoms with Gasteiger partial charge in [0, 0.05) is 18.4 Å². The summed E-state index contributed by atoms with van der Waals surface area (Å²) in [5.41, 5.74) is 7.85. The maximum atomic E-state index is 12.2. The van der Waals surface area contributed by atoms with Gasteiger partial charge in [0.25, 0.3) is 0 Å². The second kappa shape index (κ2) is 9.13. The van der Waals surface area contributed by atoms with Crippen LogP contribution in [0, 0.1) is 27.7 Å². The van der Waals surface area contributed by atoms with Crippen LogP contribution in [-0.2, 0) is 18.6 Å². The second-order valence-electron chi connectivity index (χ2n) is 9.11. The van der Waals surface area contributed by atoms with Gasteiger partial charge in [0.05, 0.1) is 6.33 Å². The van der Waals surface area contributed by atoms with E-state index in [1.165, 1.54) is 5.56 Å². The van der Waals surface area contributed by atoms with Gasteiger partial charge in [-0.05, 0) is 57.2 Å². The van der Waals surface area contributed by atoms with Crippen molar-refractivity contribution in [2.45, 2.75) is 52.7 Å². The molecule has 0 amide bonds. The smallest absolute Gasteiger partial charge is 0.115 e. The summed E-state index contributed by atoms with van der Waals surface area (Å²) in [5, 5.41) is 12.2. The summed E-state index contributed by atoms with van der Waals surface area (Å²) in [6.07, 6.45) is 5.12. The van der Waals surface area contributed by atoms with Crippen LogP contribution in [0.1, 0.15) is 51.1 Å². The zero-order valence-corrected chi connectivity index (χ0v) is 19.5. The topological polar surface area (TPSA) is 38.1 Å². The van der Waals surface area contributed by atoms with Crippen molar-refractivity contribution in [3.63, 3.8) is 0 Å². The number of nitrogens with zero attached hydrogens (tertiary/aromatic N) is 2. The summed E-state index contributed by atoms with van der Waals surface area (Å²) in [4.78, 5) is 4.40. The number of aryl methyl sites for hydroxylation is 5. The van der Waals surface area contributed by atoms with Crippen LogP contribution in [0.5, 0.6) is 0 Å². The highest BCUT2D eigenvalue weighted by atomic mass is 16.3. The number of hydrogen-bond acceptors (Lipinski definition) is 2. The predicted octanol–water partition coefficient (Wildman–Crippen LogP) is 6.03. The highest BCUT2D eigenvalue weighted by molar-refractivity contribution is 5.43. The summed E-state index contributed by atoms with van der Waals surface area (Å²) in [6, 6.07) is 23.2. The van der Waals surface area contributed by atoms with Crippen LogP contribution >= 0.6 is 0 Å². The lowest BCUT2D eigenvalue weighted by Crippen LogP contribution is -2.29. The first-order chi connectivity index (χ1) is 15.3. The molecule has 0 saturated carbocycles. The highest BCUT2D eigenvalue weighted by Gasteiger charge is 2.32. The Morgan fingerprint density at radius 2 is 1.31 bits per heavy atom. The van der Waals surface area contributed by atoms with Crippen LogP contribution in [0.25, 0.3) is 0 Å². The first-order valence-electron chi connectivity index (χ1n) is 11.3. The van der Waals surface area contributed by atoms with Gasteiger partial charge in [0.15, 0.2) is 0 Å². The fraction of sp³-hybridized carbons (Fsp3) is 0.276. The van der Waals surface area contributed by atoms with E-state index in [1.54, 1.807) is 0 Å². The van der Waals surface area contributed by atoms with E-state index in [0.29, 0.717) is 6.42 Å². The molecule has 0 fully saturated rings. The van der Waals surface area contributed by atoms with Crippen LogP contribution in [-0.4, -0.2) is 14.7 Å². The minimum absolute atomic E-state index is 0.583. The number of aliphatic hydroxyl groups is 1. The maximum absolute atomic E-state index is 12.2. The molecule has 0 bridgehead atoms. The number of hydrogen-bond donors (Lipinski definition) is 1. The number of rotatable bonds is 7. The molecule has 3 aromatic carbocycles. The Morgan fingerprint density at radius 3 is 1.84 bits per heavy atom. The van der Waals surface area contributed by atoms with Crippen LogP contribution < -0.4 is 0 Å². The predicted molar refractivity (Wildman–Crippen MR) is 131 cm³/mol. The van der Waals surface area contributed by atoms with Crippen molar-refractivity contribution in [2.75, 3.05) is 0 Å². The van der Waals surface area contributed by atoms with Crippen molar-refractivity contribution in [1.82, 2.24) is 9.55 Å². The summed E-state index contributed by atoms with van der Waals surface area (Å²) in [5.74, 6) is 0. The van der Waals surface area contributed by atoms with E-state index in [9.17, 15) is 5.11 Å². The molecule has 0 radical (unpaired) electrons. The van der Waals surface area contributed by atoms with E-state index < -0.39 is 5.60 Å². The monoisotopic (exact) mass is 424 g/mol. The molecule has 3 nitrogen and oxygen atoms in total. The summed E-state index contributed by atoms with van der Waals surface area (Å²) < 4.78 is 2.18. The molecule has 0 atom stereocenters. The van der Waals surface area contributed by atoms with Crippen LogP contribution in [0.3, 0.4) is 0 Å². The molecule has 3 heteroatoms. The zero-order valence-electron chi connectivity index (χ0n) is 19.5. The first kappa shape index (κ1) is 22.0. The Balaban J connectivity index is 1.69. The van der Waals surface area contributed by atoms with Crippen molar-refractivity contribution >= 4 is 0 Å². The van der Waals surface area contributed by atoms with E-state index in [1.807, 2.05) is 18.6 Å². The lowest BCUT2D eigenvalue weighted by molar-refractivity contribution is 0.0706. The van der Waals surface area contributed by atoms with E-state index in [0.717, 1.165) is 52.0 Å². The molecule has 0 aliphatic heterocycles. The maximum Gasteiger partial charge on any atom is 0.115 e. The van der Waals surface area contributed by atoms with Gasteiger partial charge in [0.2, 0.25) is 0 Å². The Hall–Kier alpha value is -3.17. The molecule has 1 N–H and O–H groups in total. The third kappa shape index (κ3) is 4.84. The summed E-state index contributed by atoms with van der Waals surface area (Å²) >= 11 is 0. The van der Waals surface area contributed by atoms with Gasteiger partial charge >= 0.3 is 0 Å². The normalized spacial score (nSPS) is 11.7. The Morgan fingerprint density at radius 1 is 0.781 bits per heavy atom. The fourth-order valence-electron chi connectivity index (χ4n) is 4.67. The minimum Gasteiger partial charge on any atom is -0.380 e. The van der Waals surface area contributed by atoms with Crippen LogP contribution in [0.15, 0.2) is 79.3 Å². The third-order valence-electron chi connectivity index (χ3n) is 6.14. The van der Waals surface area contributed by atoms with Gasteiger partial charge in [0.1, 0.15) is 5.60 Å². The standard InChI is InChI=1S/C29H32N2O/c1-21-12-22(2)15-26(14-21)29(32,27-16-23(3)13-24(4)17-27)11-10-28-18-30-20-31(28)19-25-8-6-5-7-9-25/h5-9,12-18,20,32H,10-11,19H2,1-4H3. The third-order valence-corrected chi connectivity index (χ3v) is 6.14. The van der Waals surface area contributed by atoms with Crippen LogP contribution in [0.2, 0.25) is 0 Å². The van der Waals surface area contributed by atoms with Gasteiger partial charge in [-0.1, -0.05) is 89.0 Å². The quantitative estimate of drug-likeness (QED) is 0.393.